The van der Waals surface area contributed by atoms with E-state index in [-0.39, 0.29) is 24.7 Å². The lowest BCUT2D eigenvalue weighted by Crippen LogP contribution is -2.49. The van der Waals surface area contributed by atoms with Crippen LogP contribution in [-0.2, 0) is 14.3 Å². The third-order valence-corrected chi connectivity index (χ3v) is 3.33. The second-order valence-electron chi connectivity index (χ2n) is 7.04. The summed E-state index contributed by atoms with van der Waals surface area (Å²) in [6, 6.07) is 0.154. The van der Waals surface area contributed by atoms with Crippen molar-refractivity contribution in [2.24, 2.45) is 0 Å². The standard InChI is InChI=1S/C16H30N2O4/c1-12(2)21-14(19)11-18-9-7-6-8-13(18)10-17-15(20)22-16(3,4)5/h12-13H,6-11H2,1-5H3,(H,17,20). The van der Waals surface area contributed by atoms with Gasteiger partial charge in [-0.25, -0.2) is 4.79 Å². The van der Waals surface area contributed by atoms with E-state index in [4.69, 9.17) is 9.47 Å². The third-order valence-electron chi connectivity index (χ3n) is 3.33. The van der Waals surface area contributed by atoms with Gasteiger partial charge in [0.05, 0.1) is 12.6 Å². The number of alkyl carbamates (subject to hydrolysis) is 1. The number of rotatable bonds is 5. The van der Waals surface area contributed by atoms with Crippen LogP contribution in [-0.4, -0.2) is 54.3 Å². The molecule has 0 aliphatic carbocycles. The maximum Gasteiger partial charge on any atom is 0.407 e. The van der Waals surface area contributed by atoms with E-state index in [1.165, 1.54) is 0 Å². The van der Waals surface area contributed by atoms with Gasteiger partial charge in [0, 0.05) is 12.6 Å². The van der Waals surface area contributed by atoms with Crippen LogP contribution < -0.4 is 5.32 Å². The summed E-state index contributed by atoms with van der Waals surface area (Å²) in [5.74, 6) is -0.209. The summed E-state index contributed by atoms with van der Waals surface area (Å²) in [6.07, 6.45) is 2.62. The second kappa shape index (κ2) is 8.36. The molecule has 1 atom stereocenters. The molecule has 1 heterocycles. The Morgan fingerprint density at radius 3 is 2.55 bits per heavy atom. The molecule has 1 amide bonds. The van der Waals surface area contributed by atoms with Gasteiger partial charge in [-0.2, -0.15) is 0 Å². The lowest BCUT2D eigenvalue weighted by Gasteiger charge is -2.35. The minimum absolute atomic E-state index is 0.101. The number of nitrogens with one attached hydrogen (secondary N) is 1. The van der Waals surface area contributed by atoms with Crippen LogP contribution >= 0.6 is 0 Å². The van der Waals surface area contributed by atoms with Gasteiger partial charge in [-0.1, -0.05) is 6.42 Å². The fraction of sp³-hybridized carbons (Fsp3) is 0.875. The number of nitrogens with zero attached hydrogens (tertiary/aromatic N) is 1. The molecule has 0 saturated carbocycles. The minimum Gasteiger partial charge on any atom is -0.462 e. The Bertz CT molecular complexity index is 377. The van der Waals surface area contributed by atoms with Gasteiger partial charge in [-0.15, -0.1) is 0 Å². The zero-order valence-corrected chi connectivity index (χ0v) is 14.5. The van der Waals surface area contributed by atoms with E-state index in [1.807, 2.05) is 34.6 Å². The van der Waals surface area contributed by atoms with Crippen molar-refractivity contribution in [2.75, 3.05) is 19.6 Å². The normalized spacial score (nSPS) is 19.8. The Morgan fingerprint density at radius 2 is 1.95 bits per heavy atom. The van der Waals surface area contributed by atoms with Gasteiger partial charge in [0.2, 0.25) is 0 Å². The lowest BCUT2D eigenvalue weighted by molar-refractivity contribution is -0.149. The summed E-state index contributed by atoms with van der Waals surface area (Å²) in [6.45, 7) is 10.8. The van der Waals surface area contributed by atoms with Gasteiger partial charge >= 0.3 is 12.1 Å². The molecule has 1 N–H and O–H groups in total. The second-order valence-corrected chi connectivity index (χ2v) is 7.04. The van der Waals surface area contributed by atoms with Crippen molar-refractivity contribution >= 4 is 12.1 Å². The maximum absolute atomic E-state index is 11.8. The van der Waals surface area contributed by atoms with Crippen LogP contribution in [0.1, 0.15) is 53.9 Å². The first-order valence-electron chi connectivity index (χ1n) is 8.08. The molecule has 0 aromatic rings. The van der Waals surface area contributed by atoms with Crippen LogP contribution in [0.3, 0.4) is 0 Å². The summed E-state index contributed by atoms with van der Waals surface area (Å²) in [7, 11) is 0. The van der Waals surface area contributed by atoms with Gasteiger partial charge in [0.15, 0.2) is 0 Å². The predicted octanol–water partition coefficient (Wildman–Crippen LogP) is 2.32. The van der Waals surface area contributed by atoms with Crippen molar-refractivity contribution in [2.45, 2.75) is 71.6 Å². The zero-order valence-electron chi connectivity index (χ0n) is 14.5. The van der Waals surface area contributed by atoms with Crippen LogP contribution in [0.15, 0.2) is 0 Å². The fourth-order valence-corrected chi connectivity index (χ4v) is 2.48. The molecule has 1 saturated heterocycles. The average Bonchev–Trinajstić information content (AvgIpc) is 2.34. The average molecular weight is 314 g/mol. The highest BCUT2D eigenvalue weighted by molar-refractivity contribution is 5.72. The van der Waals surface area contributed by atoms with Gasteiger partial charge in [-0.05, 0) is 54.0 Å². The Hall–Kier alpha value is -1.30. The van der Waals surface area contributed by atoms with Crippen molar-refractivity contribution in [1.82, 2.24) is 10.2 Å². The molecule has 1 aliphatic rings. The number of hydrogen-bond acceptors (Lipinski definition) is 5. The molecule has 22 heavy (non-hydrogen) atoms. The largest absolute Gasteiger partial charge is 0.462 e. The van der Waals surface area contributed by atoms with Gasteiger partial charge in [0.25, 0.3) is 0 Å². The smallest absolute Gasteiger partial charge is 0.407 e. The van der Waals surface area contributed by atoms with Crippen molar-refractivity contribution in [1.29, 1.82) is 0 Å². The molecule has 1 aliphatic heterocycles. The van der Waals surface area contributed by atoms with Crippen molar-refractivity contribution in [3.63, 3.8) is 0 Å². The van der Waals surface area contributed by atoms with Crippen LogP contribution in [0.25, 0.3) is 0 Å². The summed E-state index contributed by atoms with van der Waals surface area (Å²) >= 11 is 0. The summed E-state index contributed by atoms with van der Waals surface area (Å²) < 4.78 is 10.4. The molecule has 6 heteroatoms. The van der Waals surface area contributed by atoms with Crippen LogP contribution in [0.2, 0.25) is 0 Å². The van der Waals surface area contributed by atoms with Crippen LogP contribution in [0, 0.1) is 0 Å². The third kappa shape index (κ3) is 7.64. The molecule has 1 rings (SSSR count). The summed E-state index contributed by atoms with van der Waals surface area (Å²) in [5, 5.41) is 2.80. The Morgan fingerprint density at radius 1 is 1.27 bits per heavy atom. The Labute approximate surface area is 133 Å². The molecule has 0 aromatic carbocycles. The number of hydrogen-bond donors (Lipinski definition) is 1. The van der Waals surface area contributed by atoms with E-state index < -0.39 is 11.7 Å². The van der Waals surface area contributed by atoms with Gasteiger partial charge in [0.1, 0.15) is 5.60 Å². The van der Waals surface area contributed by atoms with E-state index >= 15 is 0 Å². The SMILES string of the molecule is CC(C)OC(=O)CN1CCCCC1CNC(=O)OC(C)(C)C. The molecule has 128 valence electrons. The molecule has 6 nitrogen and oxygen atoms in total. The van der Waals surface area contributed by atoms with E-state index in [9.17, 15) is 9.59 Å². The maximum atomic E-state index is 11.8. The van der Waals surface area contributed by atoms with Gasteiger partial charge in [-0.3, -0.25) is 9.69 Å². The number of piperidine rings is 1. The Balaban J connectivity index is 2.44. The number of esters is 1. The summed E-state index contributed by atoms with van der Waals surface area (Å²) in [4.78, 5) is 25.6. The molecule has 0 aromatic heterocycles. The number of carbonyl (C=O) groups is 2. The van der Waals surface area contributed by atoms with E-state index in [2.05, 4.69) is 10.2 Å². The van der Waals surface area contributed by atoms with Gasteiger partial charge < -0.3 is 14.8 Å². The molecule has 0 radical (unpaired) electrons. The fourth-order valence-electron chi connectivity index (χ4n) is 2.48. The van der Waals surface area contributed by atoms with E-state index in [0.717, 1.165) is 25.8 Å². The highest BCUT2D eigenvalue weighted by atomic mass is 16.6. The predicted molar refractivity (Wildman–Crippen MR) is 84.7 cm³/mol. The first-order valence-corrected chi connectivity index (χ1v) is 8.08. The quantitative estimate of drug-likeness (QED) is 0.789. The molecule has 1 fully saturated rings. The van der Waals surface area contributed by atoms with Crippen molar-refractivity contribution < 1.29 is 19.1 Å². The highest BCUT2D eigenvalue weighted by Crippen LogP contribution is 2.16. The lowest BCUT2D eigenvalue weighted by atomic mass is 10.0. The first-order chi connectivity index (χ1) is 10.2. The monoisotopic (exact) mass is 314 g/mol. The number of carbonyl (C=O) groups excluding carboxylic acids is 2. The number of likely N-dealkylation sites (tertiary alicyclic amines) is 1. The van der Waals surface area contributed by atoms with Crippen LogP contribution in [0.5, 0.6) is 0 Å². The molecular weight excluding hydrogens is 284 g/mol. The van der Waals surface area contributed by atoms with E-state index in [0.29, 0.717) is 6.54 Å². The number of amides is 1. The molecule has 1 unspecified atom stereocenters. The number of ether oxygens (including phenoxy) is 2. The minimum atomic E-state index is -0.503. The van der Waals surface area contributed by atoms with Crippen molar-refractivity contribution in [3.8, 4) is 0 Å². The van der Waals surface area contributed by atoms with Crippen molar-refractivity contribution in [3.05, 3.63) is 0 Å². The summed E-state index contributed by atoms with van der Waals surface area (Å²) in [5.41, 5.74) is -0.503. The topological polar surface area (TPSA) is 67.9 Å². The van der Waals surface area contributed by atoms with E-state index in [1.54, 1.807) is 0 Å². The molecule has 0 bridgehead atoms. The molecular formula is C16H30N2O4. The van der Waals surface area contributed by atoms with Crippen LogP contribution in [0.4, 0.5) is 4.79 Å². The highest BCUT2D eigenvalue weighted by Gasteiger charge is 2.26. The zero-order chi connectivity index (χ0) is 16.8. The first kappa shape index (κ1) is 18.7. The Kier molecular flexibility index (Phi) is 7.13. The molecule has 0 spiro atoms.